The van der Waals surface area contributed by atoms with Gasteiger partial charge >= 0.3 is 0 Å². The van der Waals surface area contributed by atoms with Crippen molar-refractivity contribution in [3.05, 3.63) is 65.2 Å². The Morgan fingerprint density at radius 2 is 1.77 bits per heavy atom. The molecule has 0 saturated heterocycles. The minimum Gasteiger partial charge on any atom is -0.395 e. The van der Waals surface area contributed by atoms with Crippen LogP contribution in [0.1, 0.15) is 5.56 Å². The number of aliphatic hydroxyl groups excluding tert-OH is 1. The molecule has 0 aliphatic carbocycles. The molecule has 4 nitrogen and oxygen atoms in total. The highest BCUT2D eigenvalue weighted by Gasteiger charge is 2.11. The zero-order chi connectivity index (χ0) is 15.8. The van der Waals surface area contributed by atoms with Crippen molar-refractivity contribution >= 4 is 23.2 Å². The highest BCUT2D eigenvalue weighted by molar-refractivity contribution is 6.30. The molecule has 0 aromatic heterocycles. The largest absolute Gasteiger partial charge is 0.395 e. The Morgan fingerprint density at radius 3 is 2.41 bits per heavy atom. The molecule has 5 heteroatoms. The minimum absolute atomic E-state index is 0.0149. The van der Waals surface area contributed by atoms with Crippen molar-refractivity contribution < 1.29 is 9.90 Å². The fourth-order valence-electron chi connectivity index (χ4n) is 2.13. The fourth-order valence-corrected chi connectivity index (χ4v) is 2.26. The first-order chi connectivity index (χ1) is 10.7. The van der Waals surface area contributed by atoms with E-state index in [4.69, 9.17) is 16.7 Å². The number of nitrogens with zero attached hydrogens (tertiary/aromatic N) is 1. The summed E-state index contributed by atoms with van der Waals surface area (Å²) < 4.78 is 0. The van der Waals surface area contributed by atoms with E-state index in [1.54, 1.807) is 24.3 Å². The predicted molar refractivity (Wildman–Crippen MR) is 88.9 cm³/mol. The maximum absolute atomic E-state index is 12.1. The second kappa shape index (κ2) is 8.54. The maximum atomic E-state index is 12.1. The first kappa shape index (κ1) is 16.5. The van der Waals surface area contributed by atoms with E-state index in [-0.39, 0.29) is 19.1 Å². The Hall–Kier alpha value is -1.88. The molecule has 0 heterocycles. The van der Waals surface area contributed by atoms with Crippen molar-refractivity contribution in [1.29, 1.82) is 0 Å². The van der Waals surface area contributed by atoms with Gasteiger partial charge in [0.1, 0.15) is 0 Å². The maximum Gasteiger partial charge on any atom is 0.238 e. The summed E-state index contributed by atoms with van der Waals surface area (Å²) in [6.45, 7) is 1.30. The monoisotopic (exact) mass is 318 g/mol. The van der Waals surface area contributed by atoms with E-state index in [1.807, 2.05) is 35.2 Å². The van der Waals surface area contributed by atoms with Crippen molar-refractivity contribution in [3.8, 4) is 0 Å². The van der Waals surface area contributed by atoms with E-state index >= 15 is 0 Å². The molecule has 0 unspecified atom stereocenters. The summed E-state index contributed by atoms with van der Waals surface area (Å²) in [6, 6.07) is 16.8. The van der Waals surface area contributed by atoms with Gasteiger partial charge in [0.25, 0.3) is 0 Å². The van der Waals surface area contributed by atoms with Gasteiger partial charge in [0.05, 0.1) is 13.2 Å². The predicted octanol–water partition coefficient (Wildman–Crippen LogP) is 2.77. The van der Waals surface area contributed by atoms with Gasteiger partial charge in [0.15, 0.2) is 0 Å². The summed E-state index contributed by atoms with van der Waals surface area (Å²) in [5.41, 5.74) is 1.81. The molecule has 0 radical (unpaired) electrons. The third-order valence-electron chi connectivity index (χ3n) is 3.16. The number of carbonyl (C=O) groups excluding carboxylic acids is 1. The molecule has 0 spiro atoms. The zero-order valence-corrected chi connectivity index (χ0v) is 13.0. The van der Waals surface area contributed by atoms with Crippen LogP contribution in [0.3, 0.4) is 0 Å². The number of carbonyl (C=O) groups is 1. The lowest BCUT2D eigenvalue weighted by Gasteiger charge is -2.20. The van der Waals surface area contributed by atoms with Gasteiger partial charge in [-0.25, -0.2) is 0 Å². The Balaban J connectivity index is 1.92. The van der Waals surface area contributed by atoms with Gasteiger partial charge < -0.3 is 10.4 Å². The van der Waals surface area contributed by atoms with Crippen LogP contribution in [0.25, 0.3) is 0 Å². The molecule has 0 bridgehead atoms. The lowest BCUT2D eigenvalue weighted by Crippen LogP contribution is -2.34. The number of halogens is 1. The molecule has 1 amide bonds. The third kappa shape index (κ3) is 5.48. The third-order valence-corrected chi connectivity index (χ3v) is 3.41. The molecule has 0 saturated carbocycles. The molecule has 0 aliphatic heterocycles. The summed E-state index contributed by atoms with van der Waals surface area (Å²) in [6.07, 6.45) is 0. The van der Waals surface area contributed by atoms with Crippen LogP contribution >= 0.6 is 11.6 Å². The van der Waals surface area contributed by atoms with Crippen LogP contribution in [0.2, 0.25) is 5.02 Å². The van der Waals surface area contributed by atoms with Gasteiger partial charge in [0, 0.05) is 23.8 Å². The number of aliphatic hydroxyl groups is 1. The van der Waals surface area contributed by atoms with Crippen molar-refractivity contribution in [2.75, 3.05) is 25.0 Å². The first-order valence-electron chi connectivity index (χ1n) is 7.10. The average molecular weight is 319 g/mol. The van der Waals surface area contributed by atoms with Crippen molar-refractivity contribution in [2.45, 2.75) is 6.54 Å². The second-order valence-electron chi connectivity index (χ2n) is 4.97. The topological polar surface area (TPSA) is 52.6 Å². The van der Waals surface area contributed by atoms with E-state index in [1.165, 1.54) is 0 Å². The van der Waals surface area contributed by atoms with E-state index in [2.05, 4.69) is 5.32 Å². The van der Waals surface area contributed by atoms with Gasteiger partial charge in [-0.3, -0.25) is 9.69 Å². The number of amides is 1. The summed E-state index contributed by atoms with van der Waals surface area (Å²) >= 11 is 5.82. The van der Waals surface area contributed by atoms with E-state index in [9.17, 15) is 4.79 Å². The highest BCUT2D eigenvalue weighted by Crippen LogP contribution is 2.13. The molecule has 2 N–H and O–H groups in total. The molecular weight excluding hydrogens is 300 g/mol. The lowest BCUT2D eigenvalue weighted by atomic mass is 10.2. The smallest absolute Gasteiger partial charge is 0.238 e. The van der Waals surface area contributed by atoms with Crippen LogP contribution in [-0.2, 0) is 11.3 Å². The molecule has 0 fully saturated rings. The van der Waals surface area contributed by atoms with Crippen LogP contribution in [-0.4, -0.2) is 35.6 Å². The fraction of sp³-hybridized carbons (Fsp3) is 0.235. The van der Waals surface area contributed by atoms with Crippen LogP contribution in [0.15, 0.2) is 54.6 Å². The zero-order valence-electron chi connectivity index (χ0n) is 12.2. The van der Waals surface area contributed by atoms with Gasteiger partial charge in [-0.15, -0.1) is 0 Å². The SMILES string of the molecule is O=C(CN(CCO)Cc1ccccc1)Nc1ccc(Cl)cc1. The van der Waals surface area contributed by atoms with Crippen LogP contribution < -0.4 is 5.32 Å². The lowest BCUT2D eigenvalue weighted by molar-refractivity contribution is -0.117. The van der Waals surface area contributed by atoms with Gasteiger partial charge in [-0.2, -0.15) is 0 Å². The molecule has 0 atom stereocenters. The molecule has 2 aromatic carbocycles. The average Bonchev–Trinajstić information content (AvgIpc) is 2.51. The second-order valence-corrected chi connectivity index (χ2v) is 5.41. The molecule has 2 rings (SSSR count). The van der Waals surface area contributed by atoms with Gasteiger partial charge in [-0.1, -0.05) is 41.9 Å². The quantitative estimate of drug-likeness (QED) is 0.825. The first-order valence-corrected chi connectivity index (χ1v) is 7.48. The summed E-state index contributed by atoms with van der Waals surface area (Å²) in [5.74, 6) is -0.119. The van der Waals surface area contributed by atoms with Crippen molar-refractivity contribution in [1.82, 2.24) is 4.90 Å². The van der Waals surface area contributed by atoms with E-state index in [0.717, 1.165) is 5.56 Å². The number of hydrogen-bond donors (Lipinski definition) is 2. The Labute approximate surface area is 135 Å². The molecule has 2 aromatic rings. The van der Waals surface area contributed by atoms with Crippen LogP contribution in [0.5, 0.6) is 0 Å². The minimum atomic E-state index is -0.119. The summed E-state index contributed by atoms with van der Waals surface area (Å²) in [5, 5.41) is 12.6. The molecule has 116 valence electrons. The number of hydrogen-bond acceptors (Lipinski definition) is 3. The van der Waals surface area contributed by atoms with Crippen molar-refractivity contribution in [2.24, 2.45) is 0 Å². The van der Waals surface area contributed by atoms with Crippen molar-refractivity contribution in [3.63, 3.8) is 0 Å². The number of rotatable bonds is 7. The molecule has 0 aliphatic rings. The van der Waals surface area contributed by atoms with E-state index in [0.29, 0.717) is 23.8 Å². The van der Waals surface area contributed by atoms with Gasteiger partial charge in [-0.05, 0) is 29.8 Å². The highest BCUT2D eigenvalue weighted by atomic mass is 35.5. The summed E-state index contributed by atoms with van der Waals surface area (Å²) in [7, 11) is 0. The molecule has 22 heavy (non-hydrogen) atoms. The Morgan fingerprint density at radius 1 is 1.09 bits per heavy atom. The standard InChI is InChI=1S/C17H19ClN2O2/c18-15-6-8-16(9-7-15)19-17(22)13-20(10-11-21)12-14-4-2-1-3-5-14/h1-9,21H,10-13H2,(H,19,22). The number of nitrogens with one attached hydrogen (secondary N) is 1. The number of benzene rings is 2. The van der Waals surface area contributed by atoms with Gasteiger partial charge in [0.2, 0.25) is 5.91 Å². The summed E-state index contributed by atoms with van der Waals surface area (Å²) in [4.78, 5) is 14.0. The Bertz CT molecular complexity index is 587. The Kier molecular flexibility index (Phi) is 6.40. The molecular formula is C17H19ClN2O2. The van der Waals surface area contributed by atoms with Crippen LogP contribution in [0.4, 0.5) is 5.69 Å². The van der Waals surface area contributed by atoms with Crippen LogP contribution in [0, 0.1) is 0 Å². The normalized spacial score (nSPS) is 10.7. The van der Waals surface area contributed by atoms with E-state index < -0.39 is 0 Å². The number of anilines is 1.